The van der Waals surface area contributed by atoms with Gasteiger partial charge in [-0.1, -0.05) is 12.1 Å². The summed E-state index contributed by atoms with van der Waals surface area (Å²) in [4.78, 5) is 29.6. The van der Waals surface area contributed by atoms with E-state index >= 15 is 0 Å². The van der Waals surface area contributed by atoms with Crippen molar-refractivity contribution in [3.8, 4) is 5.75 Å². The van der Waals surface area contributed by atoms with Crippen LogP contribution in [0.3, 0.4) is 0 Å². The Labute approximate surface area is 229 Å². The Balaban J connectivity index is 1.72. The second kappa shape index (κ2) is 11.8. The monoisotopic (exact) mass is 537 g/mol. The summed E-state index contributed by atoms with van der Waals surface area (Å²) in [6.45, 7) is 11.1. The van der Waals surface area contributed by atoms with Crippen LogP contribution in [-0.2, 0) is 16.0 Å². The molecule has 2 heterocycles. The highest BCUT2D eigenvalue weighted by molar-refractivity contribution is 5.95. The molecule has 9 nitrogen and oxygen atoms in total. The SMILES string of the molecule is COC(=O)c1ccc([C@@H]2CN(CCO)CCN2Cc2c(OC)cc(C)c3c2ccn3C(=O)OC(C)(C)C)cc1. The van der Waals surface area contributed by atoms with Crippen molar-refractivity contribution in [2.45, 2.75) is 45.9 Å². The van der Waals surface area contributed by atoms with Crippen LogP contribution in [0.2, 0.25) is 0 Å². The number of nitrogens with zero attached hydrogens (tertiary/aromatic N) is 3. The summed E-state index contributed by atoms with van der Waals surface area (Å²) >= 11 is 0. The predicted octanol–water partition coefficient (Wildman–Crippen LogP) is 4.38. The van der Waals surface area contributed by atoms with Crippen molar-refractivity contribution in [3.63, 3.8) is 0 Å². The lowest BCUT2D eigenvalue weighted by Crippen LogP contribution is -2.48. The number of methoxy groups -OCH3 is 2. The molecule has 1 fully saturated rings. The summed E-state index contributed by atoms with van der Waals surface area (Å²) in [5, 5.41) is 10.5. The van der Waals surface area contributed by atoms with Gasteiger partial charge in [0.25, 0.3) is 0 Å². The molecule has 1 atom stereocenters. The van der Waals surface area contributed by atoms with Crippen LogP contribution >= 0.6 is 0 Å². The minimum Gasteiger partial charge on any atom is -0.496 e. The third-order valence-electron chi connectivity index (χ3n) is 7.11. The van der Waals surface area contributed by atoms with Crippen LogP contribution in [0.25, 0.3) is 10.9 Å². The van der Waals surface area contributed by atoms with Gasteiger partial charge >= 0.3 is 12.1 Å². The van der Waals surface area contributed by atoms with Crippen molar-refractivity contribution in [2.24, 2.45) is 0 Å². The molecule has 1 aliphatic heterocycles. The Morgan fingerprint density at radius 2 is 1.79 bits per heavy atom. The van der Waals surface area contributed by atoms with Gasteiger partial charge in [-0.2, -0.15) is 0 Å². The second-order valence-electron chi connectivity index (χ2n) is 10.9. The quantitative estimate of drug-likeness (QED) is 0.444. The summed E-state index contributed by atoms with van der Waals surface area (Å²) in [6, 6.07) is 11.4. The van der Waals surface area contributed by atoms with E-state index in [2.05, 4.69) is 9.80 Å². The molecule has 0 saturated carbocycles. The van der Waals surface area contributed by atoms with Crippen molar-refractivity contribution in [2.75, 3.05) is 47.0 Å². The first-order valence-corrected chi connectivity index (χ1v) is 13.2. The Kier molecular flexibility index (Phi) is 8.64. The lowest BCUT2D eigenvalue weighted by Gasteiger charge is -2.42. The zero-order valence-corrected chi connectivity index (χ0v) is 23.7. The highest BCUT2D eigenvalue weighted by Gasteiger charge is 2.30. The summed E-state index contributed by atoms with van der Waals surface area (Å²) in [7, 11) is 3.04. The van der Waals surface area contributed by atoms with Crippen molar-refractivity contribution in [3.05, 3.63) is 64.8 Å². The van der Waals surface area contributed by atoms with Crippen LogP contribution in [0.4, 0.5) is 4.79 Å². The summed E-state index contributed by atoms with van der Waals surface area (Å²) in [5.41, 5.74) is 3.68. The molecule has 1 N–H and O–H groups in total. The van der Waals surface area contributed by atoms with E-state index in [4.69, 9.17) is 14.2 Å². The van der Waals surface area contributed by atoms with E-state index in [0.717, 1.165) is 53.0 Å². The van der Waals surface area contributed by atoms with Crippen LogP contribution in [-0.4, -0.2) is 84.1 Å². The number of piperazine rings is 1. The molecule has 39 heavy (non-hydrogen) atoms. The smallest absolute Gasteiger partial charge is 0.419 e. The number of β-amino-alcohol motifs (C(OH)–C–C–N with tert-alkyl or cyclic N) is 1. The molecule has 1 aliphatic rings. The topological polar surface area (TPSA) is 93.5 Å². The Morgan fingerprint density at radius 1 is 1.08 bits per heavy atom. The van der Waals surface area contributed by atoms with E-state index in [9.17, 15) is 14.7 Å². The van der Waals surface area contributed by atoms with Crippen LogP contribution in [0.1, 0.15) is 53.9 Å². The van der Waals surface area contributed by atoms with Crippen LogP contribution in [0, 0.1) is 6.92 Å². The standard InChI is InChI=1S/C30H39N3O6/c1-20-17-26(37-5)24(23-11-12-33(27(20)23)29(36)39-30(2,3)4)18-32-14-13-31(15-16-34)19-25(32)21-7-9-22(10-8-21)28(35)38-6/h7-12,17,25,34H,13-16,18-19H2,1-6H3/t25-/m0/s1. The number of benzene rings is 2. The van der Waals surface area contributed by atoms with E-state index in [-0.39, 0.29) is 18.6 Å². The average Bonchev–Trinajstić information content (AvgIpc) is 3.36. The van der Waals surface area contributed by atoms with Gasteiger partial charge in [-0.3, -0.25) is 14.4 Å². The molecule has 9 heteroatoms. The average molecular weight is 538 g/mol. The molecule has 3 aromatic rings. The predicted molar refractivity (Wildman–Crippen MR) is 149 cm³/mol. The minimum absolute atomic E-state index is 0.0194. The van der Waals surface area contributed by atoms with Crippen LogP contribution in [0.5, 0.6) is 5.75 Å². The third-order valence-corrected chi connectivity index (χ3v) is 7.11. The van der Waals surface area contributed by atoms with Gasteiger partial charge in [0.2, 0.25) is 0 Å². The molecule has 0 spiro atoms. The molecule has 4 rings (SSSR count). The lowest BCUT2D eigenvalue weighted by atomic mass is 9.98. The second-order valence-corrected chi connectivity index (χ2v) is 10.9. The number of carbonyl (C=O) groups excluding carboxylic acids is 2. The maximum absolute atomic E-state index is 13.0. The van der Waals surface area contributed by atoms with Crippen molar-refractivity contribution in [1.29, 1.82) is 0 Å². The molecule has 0 amide bonds. The number of hydrogen-bond donors (Lipinski definition) is 1. The number of aliphatic hydroxyl groups is 1. The number of ether oxygens (including phenoxy) is 3. The number of aryl methyl sites for hydroxylation is 1. The van der Waals surface area contributed by atoms with Crippen molar-refractivity contribution in [1.82, 2.24) is 14.4 Å². The third kappa shape index (κ3) is 6.27. The van der Waals surface area contributed by atoms with E-state index in [1.54, 1.807) is 30.0 Å². The van der Waals surface area contributed by atoms with E-state index in [0.29, 0.717) is 18.7 Å². The molecular weight excluding hydrogens is 498 g/mol. The zero-order valence-electron chi connectivity index (χ0n) is 23.7. The number of aromatic nitrogens is 1. The van der Waals surface area contributed by atoms with Gasteiger partial charge in [0, 0.05) is 55.9 Å². The fraction of sp³-hybridized carbons (Fsp3) is 0.467. The van der Waals surface area contributed by atoms with E-state index in [1.807, 2.05) is 52.0 Å². The largest absolute Gasteiger partial charge is 0.496 e. The fourth-order valence-electron chi connectivity index (χ4n) is 5.26. The molecule has 2 aromatic carbocycles. The molecule has 0 bridgehead atoms. The number of rotatable bonds is 7. The highest BCUT2D eigenvalue weighted by Crippen LogP contribution is 2.36. The van der Waals surface area contributed by atoms with Crippen molar-refractivity contribution < 1.29 is 28.9 Å². The zero-order chi connectivity index (χ0) is 28.3. The number of esters is 1. The first-order valence-electron chi connectivity index (χ1n) is 13.2. The van der Waals surface area contributed by atoms with Gasteiger partial charge in [0.15, 0.2) is 0 Å². The summed E-state index contributed by atoms with van der Waals surface area (Å²) in [6.07, 6.45) is 1.34. The first kappa shape index (κ1) is 28.6. The Bertz CT molecular complexity index is 1330. The molecule has 0 unspecified atom stereocenters. The van der Waals surface area contributed by atoms with Crippen LogP contribution < -0.4 is 4.74 Å². The van der Waals surface area contributed by atoms with Crippen molar-refractivity contribution >= 4 is 23.0 Å². The van der Waals surface area contributed by atoms with Crippen LogP contribution in [0.15, 0.2) is 42.6 Å². The minimum atomic E-state index is -0.609. The fourth-order valence-corrected chi connectivity index (χ4v) is 5.26. The molecule has 1 saturated heterocycles. The van der Waals surface area contributed by atoms with Gasteiger partial charge in [-0.25, -0.2) is 9.59 Å². The molecular formula is C30H39N3O6. The normalized spacial score (nSPS) is 16.8. The van der Waals surface area contributed by atoms with Gasteiger partial charge < -0.3 is 19.3 Å². The molecule has 210 valence electrons. The lowest BCUT2D eigenvalue weighted by molar-refractivity contribution is 0.0542. The summed E-state index contributed by atoms with van der Waals surface area (Å²) < 4.78 is 17.9. The number of fused-ring (bicyclic) bond motifs is 1. The van der Waals surface area contributed by atoms with E-state index in [1.165, 1.54) is 7.11 Å². The maximum atomic E-state index is 13.0. The number of hydrogen-bond acceptors (Lipinski definition) is 8. The van der Waals surface area contributed by atoms with Gasteiger partial charge in [-0.05, 0) is 63.1 Å². The Hall–Kier alpha value is -3.40. The maximum Gasteiger partial charge on any atom is 0.419 e. The van der Waals surface area contributed by atoms with Gasteiger partial charge in [0.05, 0.1) is 31.9 Å². The molecule has 0 aliphatic carbocycles. The summed E-state index contributed by atoms with van der Waals surface area (Å²) in [5.74, 6) is 0.393. The van der Waals surface area contributed by atoms with Gasteiger partial charge in [0.1, 0.15) is 11.4 Å². The Morgan fingerprint density at radius 3 is 2.41 bits per heavy atom. The highest BCUT2D eigenvalue weighted by atomic mass is 16.6. The molecule has 1 aromatic heterocycles. The number of aliphatic hydroxyl groups excluding tert-OH is 1. The van der Waals surface area contributed by atoms with Gasteiger partial charge in [-0.15, -0.1) is 0 Å². The van der Waals surface area contributed by atoms with E-state index < -0.39 is 11.7 Å². The number of carbonyl (C=O) groups is 2. The first-order chi connectivity index (χ1) is 18.6. The molecule has 0 radical (unpaired) electrons.